The van der Waals surface area contributed by atoms with Crippen molar-refractivity contribution in [3.63, 3.8) is 0 Å². The number of hydrogen-bond acceptors (Lipinski definition) is 4. The zero-order valence-corrected chi connectivity index (χ0v) is 16.0. The minimum atomic E-state index is 0.246. The predicted octanol–water partition coefficient (Wildman–Crippen LogP) is 4.20. The Bertz CT molecular complexity index is 782. The van der Waals surface area contributed by atoms with Gasteiger partial charge in [-0.05, 0) is 60.9 Å². The quantitative estimate of drug-likeness (QED) is 0.734. The van der Waals surface area contributed by atoms with Gasteiger partial charge in [-0.15, -0.1) is 0 Å². The third-order valence-electron chi connectivity index (χ3n) is 5.91. The van der Waals surface area contributed by atoms with Crippen molar-refractivity contribution < 1.29 is 18.7 Å². The smallest absolute Gasteiger partial charge is 0.223 e. The highest BCUT2D eigenvalue weighted by Gasteiger charge is 2.36. The lowest BCUT2D eigenvalue weighted by atomic mass is 9.90. The van der Waals surface area contributed by atoms with Crippen LogP contribution in [0.2, 0.25) is 0 Å². The van der Waals surface area contributed by atoms with Crippen LogP contribution in [0.25, 0.3) is 0 Å². The summed E-state index contributed by atoms with van der Waals surface area (Å²) in [5.41, 5.74) is 1.17. The largest absolute Gasteiger partial charge is 0.493 e. The Kier molecular flexibility index (Phi) is 5.10. The molecule has 144 valence electrons. The van der Waals surface area contributed by atoms with Crippen LogP contribution < -0.4 is 9.47 Å². The Morgan fingerprint density at radius 2 is 2.00 bits per heavy atom. The first kappa shape index (κ1) is 18.0. The van der Waals surface area contributed by atoms with Crippen LogP contribution in [0.1, 0.15) is 48.8 Å². The fourth-order valence-corrected chi connectivity index (χ4v) is 4.20. The Labute approximate surface area is 160 Å². The molecule has 2 aliphatic rings. The van der Waals surface area contributed by atoms with Gasteiger partial charge in [-0.1, -0.05) is 6.07 Å². The van der Waals surface area contributed by atoms with Crippen molar-refractivity contribution in [3.05, 3.63) is 47.9 Å². The number of amides is 1. The number of nitrogens with zero attached hydrogens (tertiary/aromatic N) is 1. The number of methoxy groups -OCH3 is 2. The molecule has 1 amide bonds. The van der Waals surface area contributed by atoms with Crippen LogP contribution >= 0.6 is 0 Å². The molecule has 1 aliphatic carbocycles. The molecular formula is C22H27NO4. The van der Waals surface area contributed by atoms with Gasteiger partial charge in [-0.25, -0.2) is 0 Å². The summed E-state index contributed by atoms with van der Waals surface area (Å²) >= 11 is 0. The highest BCUT2D eigenvalue weighted by Crippen LogP contribution is 2.46. The molecule has 1 aromatic heterocycles. The average Bonchev–Trinajstić information content (AvgIpc) is 3.18. The van der Waals surface area contributed by atoms with Gasteiger partial charge in [0.05, 0.1) is 20.5 Å². The number of hydrogen-bond donors (Lipinski definition) is 0. The second kappa shape index (κ2) is 7.67. The normalized spacial score (nSPS) is 20.5. The number of carbonyl (C=O) groups excluding carboxylic acids is 1. The van der Waals surface area contributed by atoms with Crippen LogP contribution in [0, 0.1) is 5.92 Å². The Hall–Kier alpha value is -2.43. The first-order chi connectivity index (χ1) is 13.2. The Morgan fingerprint density at radius 1 is 1.19 bits per heavy atom. The summed E-state index contributed by atoms with van der Waals surface area (Å²) in [4.78, 5) is 15.0. The minimum Gasteiger partial charge on any atom is -0.493 e. The van der Waals surface area contributed by atoms with Gasteiger partial charge in [0.2, 0.25) is 5.91 Å². The molecule has 0 N–H and O–H groups in total. The first-order valence-corrected chi connectivity index (χ1v) is 9.72. The van der Waals surface area contributed by atoms with Crippen molar-refractivity contribution in [3.8, 4) is 11.5 Å². The lowest BCUT2D eigenvalue weighted by Crippen LogP contribution is -2.30. The molecule has 4 rings (SSSR count). The molecule has 1 saturated heterocycles. The lowest BCUT2D eigenvalue weighted by Gasteiger charge is -2.22. The Morgan fingerprint density at radius 3 is 2.67 bits per heavy atom. The molecule has 0 radical (unpaired) electrons. The summed E-state index contributed by atoms with van der Waals surface area (Å²) in [6, 6.07) is 9.98. The molecule has 0 bridgehead atoms. The van der Waals surface area contributed by atoms with Gasteiger partial charge in [0.1, 0.15) is 5.76 Å². The molecule has 1 aromatic carbocycles. The fraction of sp³-hybridized carbons (Fsp3) is 0.500. The van der Waals surface area contributed by atoms with Crippen LogP contribution in [0.15, 0.2) is 41.0 Å². The van der Waals surface area contributed by atoms with E-state index in [1.165, 1.54) is 18.4 Å². The van der Waals surface area contributed by atoms with E-state index in [4.69, 9.17) is 13.9 Å². The molecule has 5 heteroatoms. The number of rotatable bonds is 7. The average molecular weight is 369 g/mol. The van der Waals surface area contributed by atoms with Crippen LogP contribution in [-0.4, -0.2) is 38.1 Å². The predicted molar refractivity (Wildman–Crippen MR) is 102 cm³/mol. The minimum absolute atomic E-state index is 0.246. The fourth-order valence-electron chi connectivity index (χ4n) is 4.20. The van der Waals surface area contributed by atoms with Crippen molar-refractivity contribution in [2.75, 3.05) is 27.3 Å². The summed E-state index contributed by atoms with van der Waals surface area (Å²) in [5, 5.41) is 0. The highest BCUT2D eigenvalue weighted by molar-refractivity contribution is 5.77. The topological polar surface area (TPSA) is 51.9 Å². The standard InChI is InChI=1S/C22H27NO4/c1-25-20-8-7-16(12-21(20)26-2)18(15-5-6-15)13-22(24)23-10-9-17(14-23)19-4-3-11-27-19/h3-4,7-8,11-12,15,17-18H,5-6,9-10,13-14H2,1-2H3. The third kappa shape index (κ3) is 3.82. The SMILES string of the molecule is COc1ccc(C(CC(=O)N2CCC(c3ccco3)C2)C2CC2)cc1OC. The third-order valence-corrected chi connectivity index (χ3v) is 5.91. The van der Waals surface area contributed by atoms with Gasteiger partial charge in [-0.3, -0.25) is 4.79 Å². The van der Waals surface area contributed by atoms with Crippen molar-refractivity contribution in [1.82, 2.24) is 4.90 Å². The summed E-state index contributed by atoms with van der Waals surface area (Å²) in [5.74, 6) is 3.86. The molecule has 1 saturated carbocycles. The van der Waals surface area contributed by atoms with Gasteiger partial charge in [0.15, 0.2) is 11.5 Å². The van der Waals surface area contributed by atoms with Gasteiger partial charge >= 0.3 is 0 Å². The molecule has 2 unspecified atom stereocenters. The maximum Gasteiger partial charge on any atom is 0.223 e. The molecule has 2 atom stereocenters. The number of ether oxygens (including phenoxy) is 2. The van der Waals surface area contributed by atoms with E-state index in [0.717, 1.165) is 36.8 Å². The molecule has 27 heavy (non-hydrogen) atoms. The summed E-state index contributed by atoms with van der Waals surface area (Å²) < 4.78 is 16.3. The first-order valence-electron chi connectivity index (χ1n) is 9.72. The van der Waals surface area contributed by atoms with Crippen molar-refractivity contribution in [1.29, 1.82) is 0 Å². The van der Waals surface area contributed by atoms with E-state index >= 15 is 0 Å². The van der Waals surface area contributed by atoms with Crippen LogP contribution in [0.3, 0.4) is 0 Å². The van der Waals surface area contributed by atoms with E-state index in [2.05, 4.69) is 6.07 Å². The number of likely N-dealkylation sites (tertiary alicyclic amines) is 1. The summed E-state index contributed by atoms with van der Waals surface area (Å²) in [7, 11) is 3.29. The van der Waals surface area contributed by atoms with E-state index < -0.39 is 0 Å². The van der Waals surface area contributed by atoms with Gasteiger partial charge in [-0.2, -0.15) is 0 Å². The van der Waals surface area contributed by atoms with E-state index in [1.807, 2.05) is 29.2 Å². The zero-order valence-electron chi connectivity index (χ0n) is 16.0. The summed E-state index contributed by atoms with van der Waals surface area (Å²) in [6.45, 7) is 1.57. The zero-order chi connectivity index (χ0) is 18.8. The van der Waals surface area contributed by atoms with E-state index in [1.54, 1.807) is 20.5 Å². The van der Waals surface area contributed by atoms with E-state index in [-0.39, 0.29) is 11.8 Å². The lowest BCUT2D eigenvalue weighted by molar-refractivity contribution is -0.130. The molecule has 2 fully saturated rings. The molecular weight excluding hydrogens is 342 g/mol. The number of benzene rings is 1. The van der Waals surface area contributed by atoms with Crippen LogP contribution in [0.4, 0.5) is 0 Å². The van der Waals surface area contributed by atoms with Crippen LogP contribution in [0.5, 0.6) is 11.5 Å². The van der Waals surface area contributed by atoms with E-state index in [9.17, 15) is 4.79 Å². The molecule has 2 heterocycles. The molecule has 1 aliphatic heterocycles. The number of furan rings is 1. The maximum atomic E-state index is 13.0. The highest BCUT2D eigenvalue weighted by atomic mass is 16.5. The van der Waals surface area contributed by atoms with Crippen molar-refractivity contribution >= 4 is 5.91 Å². The van der Waals surface area contributed by atoms with Gasteiger partial charge in [0, 0.05) is 25.4 Å². The molecule has 5 nitrogen and oxygen atoms in total. The van der Waals surface area contributed by atoms with Crippen molar-refractivity contribution in [2.45, 2.75) is 37.5 Å². The van der Waals surface area contributed by atoms with Crippen molar-refractivity contribution in [2.24, 2.45) is 5.92 Å². The monoisotopic (exact) mass is 369 g/mol. The second-order valence-corrected chi connectivity index (χ2v) is 7.60. The van der Waals surface area contributed by atoms with Gasteiger partial charge in [0.25, 0.3) is 0 Å². The van der Waals surface area contributed by atoms with E-state index in [0.29, 0.717) is 18.3 Å². The van der Waals surface area contributed by atoms with Crippen LogP contribution in [-0.2, 0) is 4.79 Å². The summed E-state index contributed by atoms with van der Waals surface area (Å²) in [6.07, 6.45) is 5.64. The number of carbonyl (C=O) groups is 1. The maximum absolute atomic E-state index is 13.0. The molecule has 2 aromatic rings. The Balaban J connectivity index is 1.45. The second-order valence-electron chi connectivity index (χ2n) is 7.60. The van der Waals surface area contributed by atoms with Gasteiger partial charge < -0.3 is 18.8 Å². The molecule has 0 spiro atoms.